The first-order chi connectivity index (χ1) is 7.61. The number of halogens is 1. The summed E-state index contributed by atoms with van der Waals surface area (Å²) in [5, 5.41) is 9.71. The van der Waals surface area contributed by atoms with E-state index in [9.17, 15) is 9.90 Å². The molecule has 0 amide bonds. The predicted octanol–water partition coefficient (Wildman–Crippen LogP) is 2.89. The van der Waals surface area contributed by atoms with Crippen LogP contribution >= 0.6 is 11.6 Å². The van der Waals surface area contributed by atoms with E-state index in [4.69, 9.17) is 17.3 Å². The lowest BCUT2D eigenvalue weighted by molar-refractivity contribution is -0.141. The van der Waals surface area contributed by atoms with Gasteiger partial charge < -0.3 is 10.8 Å². The van der Waals surface area contributed by atoms with Crippen LogP contribution in [-0.4, -0.2) is 11.1 Å². The molecule has 2 rings (SSSR count). The molecule has 1 atom stereocenters. The Hall–Kier alpha value is -1.22. The Labute approximate surface area is 99.2 Å². The van der Waals surface area contributed by atoms with Crippen LogP contribution in [0.2, 0.25) is 5.02 Å². The number of carboxylic acid groups (broad SMARTS) is 1. The number of nitrogen functional groups attached to an aromatic ring is 1. The lowest BCUT2D eigenvalue weighted by atomic mass is 9.72. The van der Waals surface area contributed by atoms with Crippen LogP contribution in [0.1, 0.15) is 30.7 Å². The number of carbonyl (C=O) groups is 1. The summed E-state index contributed by atoms with van der Waals surface area (Å²) in [5.74, 6) is -1.11. The zero-order chi connectivity index (χ0) is 11.7. The Morgan fingerprint density at radius 2 is 2.19 bits per heavy atom. The Bertz CT molecular complexity index is 415. The summed E-state index contributed by atoms with van der Waals surface area (Å²) in [6.07, 6.45) is 3.03. The Morgan fingerprint density at radius 1 is 1.50 bits per heavy atom. The van der Waals surface area contributed by atoms with Crippen molar-refractivity contribution in [2.45, 2.75) is 25.2 Å². The van der Waals surface area contributed by atoms with Gasteiger partial charge in [-0.1, -0.05) is 30.2 Å². The molecular formula is C12H14ClNO2. The van der Waals surface area contributed by atoms with Crippen LogP contribution in [0.5, 0.6) is 0 Å². The van der Waals surface area contributed by atoms with E-state index in [2.05, 4.69) is 0 Å². The number of nitrogens with two attached hydrogens (primary N) is 1. The fourth-order valence-electron chi connectivity index (χ4n) is 2.19. The third-order valence-corrected chi connectivity index (χ3v) is 3.64. The highest BCUT2D eigenvalue weighted by molar-refractivity contribution is 6.33. The molecule has 0 bridgehead atoms. The molecule has 1 aliphatic carbocycles. The van der Waals surface area contributed by atoms with Gasteiger partial charge in [-0.2, -0.15) is 0 Å². The van der Waals surface area contributed by atoms with Gasteiger partial charge in [-0.25, -0.2) is 0 Å². The minimum Gasteiger partial charge on any atom is -0.481 e. The second kappa shape index (κ2) is 4.34. The molecule has 0 heterocycles. The minimum absolute atomic E-state index is 0.207. The maximum Gasteiger partial charge on any atom is 0.311 e. The maximum absolute atomic E-state index is 11.3. The number of benzene rings is 1. The van der Waals surface area contributed by atoms with Crippen LogP contribution in [0, 0.1) is 5.92 Å². The van der Waals surface area contributed by atoms with Crippen LogP contribution in [0.25, 0.3) is 0 Å². The van der Waals surface area contributed by atoms with Crippen molar-refractivity contribution < 1.29 is 9.90 Å². The zero-order valence-electron chi connectivity index (χ0n) is 8.82. The first-order valence-electron chi connectivity index (χ1n) is 5.38. The quantitative estimate of drug-likeness (QED) is 0.798. The van der Waals surface area contributed by atoms with Crippen molar-refractivity contribution in [1.29, 1.82) is 0 Å². The molecule has 1 aromatic carbocycles. The van der Waals surface area contributed by atoms with Gasteiger partial charge in [-0.3, -0.25) is 4.79 Å². The van der Waals surface area contributed by atoms with Gasteiger partial charge in [0, 0.05) is 0 Å². The van der Waals surface area contributed by atoms with Gasteiger partial charge in [0.15, 0.2) is 0 Å². The molecule has 86 valence electrons. The highest BCUT2D eigenvalue weighted by Crippen LogP contribution is 2.42. The standard InChI is InChI=1S/C12H14ClNO2/c13-9-6-2-5-8(11(9)14)10(12(15)16)7-3-1-4-7/h2,5-7,10H,1,3-4,14H2,(H,15,16). The van der Waals surface area contributed by atoms with Gasteiger partial charge in [0.2, 0.25) is 0 Å². The monoisotopic (exact) mass is 239 g/mol. The van der Waals surface area contributed by atoms with Crippen LogP contribution in [0.3, 0.4) is 0 Å². The van der Waals surface area contributed by atoms with E-state index < -0.39 is 11.9 Å². The summed E-state index contributed by atoms with van der Waals surface area (Å²) in [6.45, 7) is 0. The van der Waals surface area contributed by atoms with Crippen molar-refractivity contribution in [3.63, 3.8) is 0 Å². The largest absolute Gasteiger partial charge is 0.481 e. The molecular weight excluding hydrogens is 226 g/mol. The van der Waals surface area contributed by atoms with E-state index in [0.29, 0.717) is 16.3 Å². The zero-order valence-corrected chi connectivity index (χ0v) is 9.57. The molecule has 16 heavy (non-hydrogen) atoms. The molecule has 1 aliphatic rings. The lowest BCUT2D eigenvalue weighted by Crippen LogP contribution is -2.27. The molecule has 1 saturated carbocycles. The van der Waals surface area contributed by atoms with Crippen molar-refractivity contribution in [1.82, 2.24) is 0 Å². The second-order valence-electron chi connectivity index (χ2n) is 4.25. The van der Waals surface area contributed by atoms with E-state index >= 15 is 0 Å². The molecule has 1 aromatic rings. The van der Waals surface area contributed by atoms with Crippen molar-refractivity contribution in [2.24, 2.45) is 5.92 Å². The fraction of sp³-hybridized carbons (Fsp3) is 0.417. The van der Waals surface area contributed by atoms with E-state index in [1.165, 1.54) is 0 Å². The smallest absolute Gasteiger partial charge is 0.311 e. The molecule has 0 aromatic heterocycles. The normalized spacial score (nSPS) is 17.8. The number of aliphatic carboxylic acids is 1. The van der Waals surface area contributed by atoms with E-state index in [1.807, 2.05) is 0 Å². The van der Waals surface area contributed by atoms with Crippen LogP contribution in [0.15, 0.2) is 18.2 Å². The number of rotatable bonds is 3. The Balaban J connectivity index is 2.38. The first kappa shape index (κ1) is 11.3. The Morgan fingerprint density at radius 3 is 2.69 bits per heavy atom. The summed E-state index contributed by atoms with van der Waals surface area (Å²) in [7, 11) is 0. The first-order valence-corrected chi connectivity index (χ1v) is 5.75. The van der Waals surface area contributed by atoms with Gasteiger partial charge in [-0.15, -0.1) is 0 Å². The predicted molar refractivity (Wildman–Crippen MR) is 63.6 cm³/mol. The third-order valence-electron chi connectivity index (χ3n) is 3.31. The molecule has 0 radical (unpaired) electrons. The maximum atomic E-state index is 11.3. The average Bonchev–Trinajstić information content (AvgIpc) is 2.16. The number of anilines is 1. The minimum atomic E-state index is -0.807. The molecule has 1 fully saturated rings. The summed E-state index contributed by atoms with van der Waals surface area (Å²) in [5.41, 5.74) is 6.91. The topological polar surface area (TPSA) is 63.3 Å². The SMILES string of the molecule is Nc1c(Cl)cccc1C(C(=O)O)C1CCC1. The van der Waals surface area contributed by atoms with Gasteiger partial charge in [0.25, 0.3) is 0 Å². The van der Waals surface area contributed by atoms with Crippen molar-refractivity contribution in [3.05, 3.63) is 28.8 Å². The average molecular weight is 240 g/mol. The molecule has 3 N–H and O–H groups in total. The summed E-state index contributed by atoms with van der Waals surface area (Å²) >= 11 is 5.91. The highest BCUT2D eigenvalue weighted by Gasteiger charge is 2.35. The van der Waals surface area contributed by atoms with Gasteiger partial charge in [-0.05, 0) is 30.4 Å². The summed E-state index contributed by atoms with van der Waals surface area (Å²) in [4.78, 5) is 11.3. The van der Waals surface area contributed by atoms with Gasteiger partial charge >= 0.3 is 5.97 Å². The number of para-hydroxylation sites is 1. The van der Waals surface area contributed by atoms with E-state index in [1.54, 1.807) is 18.2 Å². The number of hydrogen-bond donors (Lipinski definition) is 2. The van der Waals surface area contributed by atoms with Crippen molar-refractivity contribution in [2.75, 3.05) is 5.73 Å². The summed E-state index contributed by atoms with van der Waals surface area (Å²) < 4.78 is 0. The third kappa shape index (κ3) is 1.87. The van der Waals surface area contributed by atoms with Crippen molar-refractivity contribution in [3.8, 4) is 0 Å². The highest BCUT2D eigenvalue weighted by atomic mass is 35.5. The molecule has 0 spiro atoms. The van der Waals surface area contributed by atoms with Gasteiger partial charge in [0.1, 0.15) is 0 Å². The molecule has 3 nitrogen and oxygen atoms in total. The van der Waals surface area contributed by atoms with Crippen LogP contribution in [0.4, 0.5) is 5.69 Å². The van der Waals surface area contributed by atoms with Crippen LogP contribution < -0.4 is 5.73 Å². The Kier molecular flexibility index (Phi) is 3.06. The number of hydrogen-bond acceptors (Lipinski definition) is 2. The lowest BCUT2D eigenvalue weighted by Gasteiger charge is -2.32. The van der Waals surface area contributed by atoms with Gasteiger partial charge in [0.05, 0.1) is 16.6 Å². The fourth-order valence-corrected chi connectivity index (χ4v) is 2.37. The van der Waals surface area contributed by atoms with E-state index in [-0.39, 0.29) is 5.92 Å². The van der Waals surface area contributed by atoms with Crippen molar-refractivity contribution >= 4 is 23.3 Å². The molecule has 0 aliphatic heterocycles. The molecule has 1 unspecified atom stereocenters. The summed E-state index contributed by atoms with van der Waals surface area (Å²) in [6, 6.07) is 5.20. The van der Waals surface area contributed by atoms with E-state index in [0.717, 1.165) is 19.3 Å². The second-order valence-corrected chi connectivity index (χ2v) is 4.66. The number of carboxylic acids is 1. The molecule has 0 saturated heterocycles. The van der Waals surface area contributed by atoms with Crippen LogP contribution in [-0.2, 0) is 4.79 Å². The molecule has 4 heteroatoms.